The summed E-state index contributed by atoms with van der Waals surface area (Å²) in [7, 11) is -2.35. The average Bonchev–Trinajstić information content (AvgIpc) is 2.85. The molecule has 0 spiro atoms. The molecule has 0 aliphatic rings. The third-order valence-corrected chi connectivity index (χ3v) is 4.53. The van der Waals surface area contributed by atoms with Gasteiger partial charge in [-0.3, -0.25) is 9.71 Å². The molecule has 106 valence electrons. The molecule has 0 unspecified atom stereocenters. The van der Waals surface area contributed by atoms with Crippen LogP contribution in [0, 0.1) is 12.3 Å². The Balaban J connectivity index is 2.51. The van der Waals surface area contributed by atoms with Crippen LogP contribution >= 0.6 is 0 Å². The lowest BCUT2D eigenvalue weighted by Gasteiger charge is -2.20. The second-order valence-electron chi connectivity index (χ2n) is 4.24. The number of nitrogens with one attached hydrogen (secondary N) is 2. The van der Waals surface area contributed by atoms with E-state index < -0.39 is 10.0 Å². The molecule has 0 bridgehead atoms. The van der Waals surface area contributed by atoms with E-state index in [2.05, 4.69) is 9.97 Å². The lowest BCUT2D eigenvalue weighted by Crippen LogP contribution is -2.29. The molecule has 2 rings (SSSR count). The standard InChI is InChI=1S/C12H15N5O2S/c1-8-15-7-11(16-8)20(18,19)17(2)10-6-4-3-5-9(10)12(13)14/h3-7H,1-2H3,(H3,13,14)(H,15,16). The van der Waals surface area contributed by atoms with Crippen molar-refractivity contribution in [2.75, 3.05) is 11.4 Å². The second kappa shape index (κ2) is 4.97. The Hall–Kier alpha value is -2.35. The number of anilines is 1. The van der Waals surface area contributed by atoms with Gasteiger partial charge in [0.25, 0.3) is 10.0 Å². The molecule has 0 saturated heterocycles. The van der Waals surface area contributed by atoms with Crippen molar-refractivity contribution < 1.29 is 8.42 Å². The maximum absolute atomic E-state index is 12.5. The van der Waals surface area contributed by atoms with E-state index in [1.807, 2.05) is 0 Å². The van der Waals surface area contributed by atoms with Crippen molar-refractivity contribution in [3.8, 4) is 0 Å². The normalized spacial score (nSPS) is 11.3. The van der Waals surface area contributed by atoms with E-state index >= 15 is 0 Å². The largest absolute Gasteiger partial charge is 0.384 e. The number of hydrogen-bond acceptors (Lipinski definition) is 4. The van der Waals surface area contributed by atoms with Gasteiger partial charge >= 0.3 is 0 Å². The van der Waals surface area contributed by atoms with Gasteiger partial charge in [0.15, 0.2) is 5.03 Å². The summed E-state index contributed by atoms with van der Waals surface area (Å²) >= 11 is 0. The second-order valence-corrected chi connectivity index (χ2v) is 6.17. The van der Waals surface area contributed by atoms with Crippen LogP contribution in [0.1, 0.15) is 11.4 Å². The highest BCUT2D eigenvalue weighted by Crippen LogP contribution is 2.24. The number of sulfonamides is 1. The summed E-state index contributed by atoms with van der Waals surface area (Å²) in [6.07, 6.45) is 1.26. The first kappa shape index (κ1) is 14.1. The first-order chi connectivity index (χ1) is 9.34. The maximum atomic E-state index is 12.5. The lowest BCUT2D eigenvalue weighted by molar-refractivity contribution is 0.591. The molecule has 0 aliphatic heterocycles. The summed E-state index contributed by atoms with van der Waals surface area (Å²) in [6.45, 7) is 1.67. The van der Waals surface area contributed by atoms with E-state index in [-0.39, 0.29) is 10.9 Å². The SMILES string of the molecule is Cc1ncc(S(=O)(=O)N(C)c2ccccc2C(=N)N)[nH]1. The summed E-state index contributed by atoms with van der Waals surface area (Å²) < 4.78 is 26.0. The minimum absolute atomic E-state index is 0.00384. The Kier molecular flexibility index (Phi) is 3.49. The van der Waals surface area contributed by atoms with Gasteiger partial charge in [0.2, 0.25) is 0 Å². The van der Waals surface area contributed by atoms with Crippen LogP contribution in [0.2, 0.25) is 0 Å². The molecular formula is C12H15N5O2S. The maximum Gasteiger partial charge on any atom is 0.281 e. The van der Waals surface area contributed by atoms with E-state index in [0.717, 1.165) is 4.31 Å². The van der Waals surface area contributed by atoms with Gasteiger partial charge in [-0.15, -0.1) is 0 Å². The molecule has 0 saturated carbocycles. The van der Waals surface area contributed by atoms with Gasteiger partial charge < -0.3 is 10.7 Å². The van der Waals surface area contributed by atoms with Crippen LogP contribution in [0.4, 0.5) is 5.69 Å². The lowest BCUT2D eigenvalue weighted by atomic mass is 10.1. The van der Waals surface area contributed by atoms with Gasteiger partial charge in [-0.05, 0) is 19.1 Å². The Morgan fingerprint density at radius 2 is 2.05 bits per heavy atom. The van der Waals surface area contributed by atoms with Gasteiger partial charge in [0.1, 0.15) is 11.7 Å². The number of imidazole rings is 1. The van der Waals surface area contributed by atoms with E-state index in [4.69, 9.17) is 11.1 Å². The van der Waals surface area contributed by atoms with Crippen molar-refractivity contribution in [2.24, 2.45) is 5.73 Å². The fourth-order valence-corrected chi connectivity index (χ4v) is 2.96. The average molecular weight is 293 g/mol. The summed E-state index contributed by atoms with van der Waals surface area (Å²) in [5, 5.41) is 7.52. The molecule has 0 fully saturated rings. The molecule has 0 aliphatic carbocycles. The zero-order valence-corrected chi connectivity index (χ0v) is 11.9. The molecule has 2 aromatic rings. The predicted molar refractivity (Wildman–Crippen MR) is 76.4 cm³/mol. The van der Waals surface area contributed by atoms with Crippen LogP contribution in [0.25, 0.3) is 0 Å². The summed E-state index contributed by atoms with van der Waals surface area (Å²) in [4.78, 5) is 6.58. The van der Waals surface area contributed by atoms with Crippen molar-refractivity contribution in [2.45, 2.75) is 11.9 Å². The minimum Gasteiger partial charge on any atom is -0.384 e. The number of amidine groups is 1. The first-order valence-electron chi connectivity index (χ1n) is 5.78. The van der Waals surface area contributed by atoms with Gasteiger partial charge in [-0.1, -0.05) is 12.1 Å². The number of aryl methyl sites for hydroxylation is 1. The fraction of sp³-hybridized carbons (Fsp3) is 0.167. The van der Waals surface area contributed by atoms with E-state index in [9.17, 15) is 8.42 Å². The Labute approximate surface area is 117 Å². The number of aromatic amines is 1. The summed E-state index contributed by atoms with van der Waals surface area (Å²) in [6, 6.07) is 6.58. The highest BCUT2D eigenvalue weighted by molar-refractivity contribution is 7.92. The van der Waals surface area contributed by atoms with Crippen LogP contribution < -0.4 is 10.0 Å². The highest BCUT2D eigenvalue weighted by Gasteiger charge is 2.25. The van der Waals surface area contributed by atoms with Crippen molar-refractivity contribution in [1.29, 1.82) is 5.41 Å². The van der Waals surface area contributed by atoms with Crippen molar-refractivity contribution in [3.05, 3.63) is 41.9 Å². The Morgan fingerprint density at radius 3 is 2.60 bits per heavy atom. The van der Waals surface area contributed by atoms with Crippen molar-refractivity contribution in [3.63, 3.8) is 0 Å². The molecule has 7 nitrogen and oxygen atoms in total. The number of nitrogen functional groups attached to an aromatic ring is 1. The number of nitrogens with two attached hydrogens (primary N) is 1. The van der Waals surface area contributed by atoms with Crippen LogP contribution in [0.3, 0.4) is 0 Å². The Morgan fingerprint density at radius 1 is 1.40 bits per heavy atom. The van der Waals surface area contributed by atoms with Gasteiger partial charge in [-0.2, -0.15) is 8.42 Å². The number of nitrogens with zero attached hydrogens (tertiary/aromatic N) is 2. The van der Waals surface area contributed by atoms with E-state index in [0.29, 0.717) is 17.1 Å². The molecule has 1 heterocycles. The molecule has 1 aromatic heterocycles. The molecule has 0 amide bonds. The van der Waals surface area contributed by atoms with Gasteiger partial charge in [-0.25, -0.2) is 4.98 Å². The summed E-state index contributed by atoms with van der Waals surface area (Å²) in [5.41, 5.74) is 6.18. The minimum atomic E-state index is -3.76. The van der Waals surface area contributed by atoms with E-state index in [1.165, 1.54) is 13.2 Å². The molecule has 0 atom stereocenters. The number of rotatable bonds is 4. The van der Waals surface area contributed by atoms with Crippen LogP contribution in [-0.2, 0) is 10.0 Å². The monoisotopic (exact) mass is 293 g/mol. The van der Waals surface area contributed by atoms with E-state index in [1.54, 1.807) is 31.2 Å². The van der Waals surface area contributed by atoms with Crippen molar-refractivity contribution >= 4 is 21.5 Å². The van der Waals surface area contributed by atoms with Crippen LogP contribution in [0.15, 0.2) is 35.5 Å². The van der Waals surface area contributed by atoms with Crippen molar-refractivity contribution in [1.82, 2.24) is 9.97 Å². The number of aromatic nitrogens is 2. The number of para-hydroxylation sites is 1. The van der Waals surface area contributed by atoms with Crippen LogP contribution in [-0.4, -0.2) is 31.3 Å². The molecule has 8 heteroatoms. The quantitative estimate of drug-likeness (QED) is 0.571. The molecular weight excluding hydrogens is 278 g/mol. The molecule has 1 aromatic carbocycles. The number of benzene rings is 1. The molecule has 0 radical (unpaired) electrons. The van der Waals surface area contributed by atoms with Gasteiger partial charge in [0, 0.05) is 12.6 Å². The topological polar surface area (TPSA) is 116 Å². The first-order valence-corrected chi connectivity index (χ1v) is 7.22. The zero-order valence-electron chi connectivity index (χ0n) is 11.1. The van der Waals surface area contributed by atoms with Gasteiger partial charge in [0.05, 0.1) is 11.9 Å². The zero-order chi connectivity index (χ0) is 14.9. The summed E-state index contributed by atoms with van der Waals surface area (Å²) in [5.74, 6) is 0.320. The number of hydrogen-bond donors (Lipinski definition) is 3. The number of H-pyrrole nitrogens is 1. The molecule has 4 N–H and O–H groups in total. The fourth-order valence-electron chi connectivity index (χ4n) is 1.78. The smallest absolute Gasteiger partial charge is 0.281 e. The molecule has 20 heavy (non-hydrogen) atoms. The predicted octanol–water partition coefficient (Wildman–Crippen LogP) is 0.827. The highest BCUT2D eigenvalue weighted by atomic mass is 32.2. The third-order valence-electron chi connectivity index (χ3n) is 2.85. The Bertz CT molecular complexity index is 751. The third kappa shape index (κ3) is 2.37. The van der Waals surface area contributed by atoms with Crippen LogP contribution in [0.5, 0.6) is 0 Å².